The number of rotatable bonds is 3. The van der Waals surface area contributed by atoms with Crippen molar-refractivity contribution in [3.8, 4) is 5.75 Å². The van der Waals surface area contributed by atoms with Crippen molar-refractivity contribution >= 4 is 5.91 Å². The molecule has 0 aliphatic heterocycles. The first kappa shape index (κ1) is 11.5. The highest BCUT2D eigenvalue weighted by atomic mass is 16.3. The van der Waals surface area contributed by atoms with Crippen LogP contribution >= 0.6 is 0 Å². The van der Waals surface area contributed by atoms with E-state index < -0.39 is 0 Å². The van der Waals surface area contributed by atoms with Gasteiger partial charge in [0.15, 0.2) is 0 Å². The molecule has 0 fully saturated rings. The number of hydrogen-bond acceptors (Lipinski definition) is 3. The monoisotopic (exact) mass is 209 g/mol. The van der Waals surface area contributed by atoms with Crippen molar-refractivity contribution in [2.45, 2.75) is 19.9 Å². The van der Waals surface area contributed by atoms with E-state index in [9.17, 15) is 9.90 Å². The van der Waals surface area contributed by atoms with Gasteiger partial charge in [-0.25, -0.2) is 0 Å². The summed E-state index contributed by atoms with van der Waals surface area (Å²) in [7, 11) is 0. The number of aliphatic hydroxyl groups is 1. The zero-order chi connectivity index (χ0) is 11.4. The molecule has 1 aromatic rings. The van der Waals surface area contributed by atoms with Gasteiger partial charge in [-0.15, -0.1) is 0 Å². The summed E-state index contributed by atoms with van der Waals surface area (Å²) in [6.07, 6.45) is 0. The molecule has 0 spiro atoms. The van der Waals surface area contributed by atoms with Crippen LogP contribution in [0.4, 0.5) is 0 Å². The molecule has 0 unspecified atom stereocenters. The van der Waals surface area contributed by atoms with E-state index in [1.165, 1.54) is 6.07 Å². The van der Waals surface area contributed by atoms with Gasteiger partial charge in [0.05, 0.1) is 6.61 Å². The highest BCUT2D eigenvalue weighted by molar-refractivity contribution is 5.94. The quantitative estimate of drug-likeness (QED) is 0.690. The SMILES string of the molecule is Cc1cc(C(=O)N[C@H](C)CO)ccc1O. The first-order valence-electron chi connectivity index (χ1n) is 4.76. The van der Waals surface area contributed by atoms with Crippen LogP contribution in [0.15, 0.2) is 18.2 Å². The molecule has 0 saturated carbocycles. The molecular weight excluding hydrogens is 194 g/mol. The fraction of sp³-hybridized carbons (Fsp3) is 0.364. The molecule has 0 bridgehead atoms. The minimum atomic E-state index is -0.272. The fourth-order valence-electron chi connectivity index (χ4n) is 1.15. The predicted octanol–water partition coefficient (Wildman–Crippen LogP) is 0.811. The summed E-state index contributed by atoms with van der Waals surface area (Å²) in [5.41, 5.74) is 1.13. The van der Waals surface area contributed by atoms with Crippen molar-refractivity contribution in [1.29, 1.82) is 0 Å². The van der Waals surface area contributed by atoms with Gasteiger partial charge in [0.1, 0.15) is 5.75 Å². The van der Waals surface area contributed by atoms with Crippen LogP contribution in [0.2, 0.25) is 0 Å². The van der Waals surface area contributed by atoms with E-state index >= 15 is 0 Å². The molecule has 0 heterocycles. The average molecular weight is 209 g/mol. The van der Waals surface area contributed by atoms with Crippen molar-refractivity contribution in [3.05, 3.63) is 29.3 Å². The third kappa shape index (κ3) is 2.95. The summed E-state index contributed by atoms with van der Waals surface area (Å²) in [6, 6.07) is 4.36. The van der Waals surface area contributed by atoms with E-state index in [1.807, 2.05) is 0 Å². The highest BCUT2D eigenvalue weighted by Crippen LogP contribution is 2.16. The first-order valence-corrected chi connectivity index (χ1v) is 4.76. The van der Waals surface area contributed by atoms with E-state index in [2.05, 4.69) is 5.32 Å². The van der Waals surface area contributed by atoms with Crippen LogP contribution in [0.5, 0.6) is 5.75 Å². The van der Waals surface area contributed by atoms with E-state index in [0.717, 1.165) is 0 Å². The molecular formula is C11H15NO3. The lowest BCUT2D eigenvalue weighted by Crippen LogP contribution is -2.34. The molecule has 82 valence electrons. The van der Waals surface area contributed by atoms with Gasteiger partial charge in [0.25, 0.3) is 5.91 Å². The molecule has 15 heavy (non-hydrogen) atoms. The van der Waals surface area contributed by atoms with Crippen LogP contribution < -0.4 is 5.32 Å². The number of carbonyl (C=O) groups excluding carboxylic acids is 1. The van der Waals surface area contributed by atoms with Crippen LogP contribution in [0.25, 0.3) is 0 Å². The molecule has 1 rings (SSSR count). The second kappa shape index (κ2) is 4.79. The van der Waals surface area contributed by atoms with Gasteiger partial charge < -0.3 is 15.5 Å². The number of phenolic OH excluding ortho intramolecular Hbond substituents is 1. The smallest absolute Gasteiger partial charge is 0.251 e. The Morgan fingerprint density at radius 2 is 2.20 bits per heavy atom. The number of amides is 1. The van der Waals surface area contributed by atoms with Gasteiger partial charge in [-0.05, 0) is 37.6 Å². The Labute approximate surface area is 88.6 Å². The maximum atomic E-state index is 11.6. The number of aryl methyl sites for hydroxylation is 1. The minimum Gasteiger partial charge on any atom is -0.508 e. The Balaban J connectivity index is 2.78. The van der Waals surface area contributed by atoms with Gasteiger partial charge in [-0.3, -0.25) is 4.79 Å². The van der Waals surface area contributed by atoms with Crippen LogP contribution in [0.3, 0.4) is 0 Å². The molecule has 4 nitrogen and oxygen atoms in total. The maximum absolute atomic E-state index is 11.6. The van der Waals surface area contributed by atoms with Gasteiger partial charge in [0, 0.05) is 11.6 Å². The largest absolute Gasteiger partial charge is 0.508 e. The van der Waals surface area contributed by atoms with Gasteiger partial charge >= 0.3 is 0 Å². The third-order valence-electron chi connectivity index (χ3n) is 2.11. The number of aromatic hydroxyl groups is 1. The summed E-state index contributed by atoms with van der Waals surface area (Å²) in [4.78, 5) is 11.6. The molecule has 3 N–H and O–H groups in total. The number of phenols is 1. The van der Waals surface area contributed by atoms with E-state index in [-0.39, 0.29) is 24.3 Å². The van der Waals surface area contributed by atoms with Crippen molar-refractivity contribution < 1.29 is 15.0 Å². The molecule has 0 saturated heterocycles. The Kier molecular flexibility index (Phi) is 3.68. The van der Waals surface area contributed by atoms with Gasteiger partial charge in [0.2, 0.25) is 0 Å². The molecule has 0 radical (unpaired) electrons. The van der Waals surface area contributed by atoms with Crippen LogP contribution in [-0.4, -0.2) is 28.8 Å². The summed E-state index contributed by atoms with van der Waals surface area (Å²) in [6.45, 7) is 3.34. The Morgan fingerprint density at radius 1 is 1.53 bits per heavy atom. The molecule has 0 aliphatic rings. The molecule has 0 aromatic heterocycles. The number of carbonyl (C=O) groups is 1. The summed E-state index contributed by atoms with van der Waals surface area (Å²) < 4.78 is 0. The zero-order valence-corrected chi connectivity index (χ0v) is 8.82. The van der Waals surface area contributed by atoms with Crippen molar-refractivity contribution in [1.82, 2.24) is 5.32 Å². The molecule has 1 amide bonds. The second-order valence-electron chi connectivity index (χ2n) is 3.56. The second-order valence-corrected chi connectivity index (χ2v) is 3.56. The number of aliphatic hydroxyl groups excluding tert-OH is 1. The Morgan fingerprint density at radius 3 is 2.73 bits per heavy atom. The van der Waals surface area contributed by atoms with Gasteiger partial charge in [-0.2, -0.15) is 0 Å². The minimum absolute atomic E-state index is 0.0944. The fourth-order valence-corrected chi connectivity index (χ4v) is 1.15. The highest BCUT2D eigenvalue weighted by Gasteiger charge is 2.09. The lowest BCUT2D eigenvalue weighted by Gasteiger charge is -2.11. The Hall–Kier alpha value is -1.55. The summed E-state index contributed by atoms with van der Waals surface area (Å²) in [5, 5.41) is 20.7. The predicted molar refractivity (Wildman–Crippen MR) is 56.9 cm³/mol. The molecule has 1 aromatic carbocycles. The standard InChI is InChI=1S/C11H15NO3/c1-7-5-9(3-4-10(7)14)11(15)12-8(2)6-13/h3-5,8,13-14H,6H2,1-2H3,(H,12,15)/t8-/m1/s1. The van der Waals surface area contributed by atoms with Crippen molar-refractivity contribution in [2.24, 2.45) is 0 Å². The maximum Gasteiger partial charge on any atom is 0.251 e. The molecule has 1 atom stereocenters. The topological polar surface area (TPSA) is 69.6 Å². The summed E-state index contributed by atoms with van der Waals surface area (Å²) in [5.74, 6) is -0.0820. The first-order chi connectivity index (χ1) is 7.04. The third-order valence-corrected chi connectivity index (χ3v) is 2.11. The Bertz CT molecular complexity index is 363. The van der Waals surface area contributed by atoms with Gasteiger partial charge in [-0.1, -0.05) is 0 Å². The zero-order valence-electron chi connectivity index (χ0n) is 8.82. The normalized spacial score (nSPS) is 12.2. The number of benzene rings is 1. The van der Waals surface area contributed by atoms with Crippen LogP contribution in [0, 0.1) is 6.92 Å². The lowest BCUT2D eigenvalue weighted by molar-refractivity contribution is 0.0922. The number of nitrogens with one attached hydrogen (secondary N) is 1. The molecule has 0 aliphatic carbocycles. The van der Waals surface area contributed by atoms with Crippen LogP contribution in [-0.2, 0) is 0 Å². The van der Waals surface area contributed by atoms with Crippen LogP contribution in [0.1, 0.15) is 22.8 Å². The van der Waals surface area contributed by atoms with Crippen molar-refractivity contribution in [2.75, 3.05) is 6.61 Å². The van der Waals surface area contributed by atoms with E-state index in [4.69, 9.17) is 5.11 Å². The number of hydrogen-bond donors (Lipinski definition) is 3. The van der Waals surface area contributed by atoms with Crippen molar-refractivity contribution in [3.63, 3.8) is 0 Å². The lowest BCUT2D eigenvalue weighted by atomic mass is 10.1. The average Bonchev–Trinajstić information content (AvgIpc) is 2.21. The summed E-state index contributed by atoms with van der Waals surface area (Å²) >= 11 is 0. The molecule has 4 heteroatoms. The van der Waals surface area contributed by atoms with E-state index in [0.29, 0.717) is 11.1 Å². The van der Waals surface area contributed by atoms with E-state index in [1.54, 1.807) is 26.0 Å².